The fourth-order valence-corrected chi connectivity index (χ4v) is 5.14. The van der Waals surface area contributed by atoms with E-state index in [-0.39, 0.29) is 4.90 Å². The number of H-pyrrole nitrogens is 1. The van der Waals surface area contributed by atoms with E-state index in [9.17, 15) is 13.7 Å². The first-order valence-corrected chi connectivity index (χ1v) is 10.7. The van der Waals surface area contributed by atoms with Gasteiger partial charge in [0.05, 0.1) is 22.2 Å². The first-order chi connectivity index (χ1) is 14.5. The van der Waals surface area contributed by atoms with Gasteiger partial charge in [0, 0.05) is 34.2 Å². The number of nitrogens with zero attached hydrogens (tertiary/aromatic N) is 3. The summed E-state index contributed by atoms with van der Waals surface area (Å²) in [6, 6.07) is 19.6. The molecule has 3 aromatic heterocycles. The Kier molecular flexibility index (Phi) is 3.98. The van der Waals surface area contributed by atoms with Crippen molar-refractivity contribution in [3.8, 4) is 17.3 Å². The van der Waals surface area contributed by atoms with Gasteiger partial charge in [-0.1, -0.05) is 17.7 Å². The van der Waals surface area contributed by atoms with Gasteiger partial charge in [-0.15, -0.1) is 0 Å². The maximum atomic E-state index is 13.7. The largest absolute Gasteiger partial charge is 0.360 e. The summed E-state index contributed by atoms with van der Waals surface area (Å²) in [5, 5.41) is 10.8. The number of aryl methyl sites for hydroxylation is 1. The summed E-state index contributed by atoms with van der Waals surface area (Å²) in [4.78, 5) is 7.72. The van der Waals surface area contributed by atoms with Crippen molar-refractivity contribution in [3.63, 3.8) is 0 Å². The second-order valence-electron chi connectivity index (χ2n) is 7.10. The Morgan fingerprint density at radius 3 is 2.63 bits per heavy atom. The Hall–Kier alpha value is -3.89. The van der Waals surface area contributed by atoms with Crippen LogP contribution in [-0.2, 0) is 10.0 Å². The third-order valence-corrected chi connectivity index (χ3v) is 6.88. The Morgan fingerprint density at radius 2 is 1.87 bits per heavy atom. The van der Waals surface area contributed by atoms with E-state index in [0.29, 0.717) is 27.9 Å². The summed E-state index contributed by atoms with van der Waals surface area (Å²) >= 11 is 0. The topological polar surface area (TPSA) is 91.5 Å². The second-order valence-corrected chi connectivity index (χ2v) is 8.89. The molecule has 1 N–H and O–H groups in total. The molecular weight excluding hydrogens is 396 g/mol. The zero-order valence-electron chi connectivity index (χ0n) is 16.0. The lowest BCUT2D eigenvalue weighted by Gasteiger charge is -2.11. The predicted molar refractivity (Wildman–Crippen MR) is 116 cm³/mol. The Balaban J connectivity index is 1.85. The van der Waals surface area contributed by atoms with Gasteiger partial charge in [0.2, 0.25) is 0 Å². The molecule has 3 heterocycles. The molecule has 0 aliphatic rings. The predicted octanol–water partition coefficient (Wildman–Crippen LogP) is 4.60. The number of fused-ring (bicyclic) bond motifs is 2. The molecule has 146 valence electrons. The van der Waals surface area contributed by atoms with E-state index in [4.69, 9.17) is 0 Å². The van der Waals surface area contributed by atoms with Crippen LogP contribution >= 0.6 is 0 Å². The number of hydrogen-bond donors (Lipinski definition) is 1. The molecule has 0 aliphatic carbocycles. The van der Waals surface area contributed by atoms with E-state index in [1.807, 2.05) is 25.1 Å². The highest BCUT2D eigenvalue weighted by Crippen LogP contribution is 2.35. The fourth-order valence-electron chi connectivity index (χ4n) is 3.66. The van der Waals surface area contributed by atoms with E-state index in [1.54, 1.807) is 54.9 Å². The van der Waals surface area contributed by atoms with E-state index in [1.165, 1.54) is 3.97 Å². The first-order valence-electron chi connectivity index (χ1n) is 9.29. The molecule has 0 amide bonds. The van der Waals surface area contributed by atoms with Crippen molar-refractivity contribution < 1.29 is 8.42 Å². The monoisotopic (exact) mass is 412 g/mol. The highest BCUT2D eigenvalue weighted by molar-refractivity contribution is 7.90. The number of nitriles is 1. The maximum Gasteiger partial charge on any atom is 0.269 e. The molecule has 0 radical (unpaired) electrons. The van der Waals surface area contributed by atoms with E-state index >= 15 is 0 Å². The second kappa shape index (κ2) is 6.58. The Morgan fingerprint density at radius 1 is 1.07 bits per heavy atom. The van der Waals surface area contributed by atoms with Crippen LogP contribution in [0.25, 0.3) is 33.2 Å². The number of pyridine rings is 1. The highest BCUT2D eigenvalue weighted by Gasteiger charge is 2.25. The molecule has 0 aliphatic heterocycles. The Bertz CT molecular complexity index is 1570. The summed E-state index contributed by atoms with van der Waals surface area (Å²) in [6.07, 6.45) is 3.34. The van der Waals surface area contributed by atoms with Crippen LogP contribution in [0.15, 0.2) is 78.0 Å². The van der Waals surface area contributed by atoms with Crippen LogP contribution in [0.5, 0.6) is 0 Å². The fraction of sp³-hybridized carbons (Fsp3) is 0.0435. The van der Waals surface area contributed by atoms with Crippen molar-refractivity contribution in [2.45, 2.75) is 11.8 Å². The van der Waals surface area contributed by atoms with Crippen molar-refractivity contribution >= 4 is 32.0 Å². The minimum atomic E-state index is -3.90. The minimum absolute atomic E-state index is 0.190. The zero-order valence-corrected chi connectivity index (χ0v) is 16.8. The van der Waals surface area contributed by atoms with E-state index in [0.717, 1.165) is 16.5 Å². The minimum Gasteiger partial charge on any atom is -0.360 e. The molecule has 5 rings (SSSR count). The van der Waals surface area contributed by atoms with Gasteiger partial charge in [0.25, 0.3) is 10.0 Å². The van der Waals surface area contributed by atoms with Gasteiger partial charge in [-0.2, -0.15) is 5.26 Å². The molecule has 0 fully saturated rings. The SMILES string of the molecule is Cc1ccc(S(=O)(=O)n2c(-c3c[nH]c4ccc(C#N)cc34)cc3cccnc32)cc1. The zero-order chi connectivity index (χ0) is 20.9. The molecule has 0 unspecified atom stereocenters. The molecular formula is C23H16N4O2S. The highest BCUT2D eigenvalue weighted by atomic mass is 32.2. The number of nitrogens with one attached hydrogen (secondary N) is 1. The van der Waals surface area contributed by atoms with Crippen LogP contribution in [0.4, 0.5) is 0 Å². The summed E-state index contributed by atoms with van der Waals surface area (Å²) in [7, 11) is -3.90. The molecule has 0 saturated heterocycles. The molecule has 0 saturated carbocycles. The summed E-state index contributed by atoms with van der Waals surface area (Å²) < 4.78 is 28.6. The lowest BCUT2D eigenvalue weighted by atomic mass is 10.1. The number of aromatic amines is 1. The normalized spacial score (nSPS) is 11.7. The summed E-state index contributed by atoms with van der Waals surface area (Å²) in [5.41, 5.74) is 3.85. The molecule has 2 aromatic carbocycles. The molecule has 0 atom stereocenters. The van der Waals surface area contributed by atoms with Gasteiger partial charge in [0.15, 0.2) is 5.65 Å². The molecule has 5 aromatic rings. The van der Waals surface area contributed by atoms with Crippen molar-refractivity contribution in [1.82, 2.24) is 13.9 Å². The van der Waals surface area contributed by atoms with E-state index in [2.05, 4.69) is 16.0 Å². The maximum absolute atomic E-state index is 13.7. The van der Waals surface area contributed by atoms with Crippen LogP contribution in [0.2, 0.25) is 0 Å². The lowest BCUT2D eigenvalue weighted by Crippen LogP contribution is -2.14. The lowest BCUT2D eigenvalue weighted by molar-refractivity contribution is 0.589. The standard InChI is InChI=1S/C23H16N4O2S/c1-15-4-7-18(8-5-15)30(28,29)27-22(12-17-3-2-10-25-23(17)27)20-14-26-21-9-6-16(13-24)11-19(20)21/h2-12,14,26H,1H3. The van der Waals surface area contributed by atoms with Crippen LogP contribution in [-0.4, -0.2) is 22.4 Å². The summed E-state index contributed by atoms with van der Waals surface area (Å²) in [5.74, 6) is 0. The third-order valence-electron chi connectivity index (χ3n) is 5.17. The van der Waals surface area contributed by atoms with E-state index < -0.39 is 10.0 Å². The smallest absolute Gasteiger partial charge is 0.269 e. The van der Waals surface area contributed by atoms with Crippen molar-refractivity contribution in [2.24, 2.45) is 0 Å². The summed E-state index contributed by atoms with van der Waals surface area (Å²) in [6.45, 7) is 1.91. The molecule has 7 heteroatoms. The van der Waals surface area contributed by atoms with Gasteiger partial charge in [-0.05, 0) is 55.5 Å². The third kappa shape index (κ3) is 2.70. The molecule has 0 spiro atoms. The molecule has 6 nitrogen and oxygen atoms in total. The van der Waals surface area contributed by atoms with Gasteiger partial charge >= 0.3 is 0 Å². The number of benzene rings is 2. The quantitative estimate of drug-likeness (QED) is 0.469. The van der Waals surface area contributed by atoms with Crippen LogP contribution < -0.4 is 0 Å². The van der Waals surface area contributed by atoms with Crippen molar-refractivity contribution in [2.75, 3.05) is 0 Å². The number of hydrogen-bond acceptors (Lipinski definition) is 4. The van der Waals surface area contributed by atoms with Crippen LogP contribution in [0.3, 0.4) is 0 Å². The first kappa shape index (κ1) is 18.2. The van der Waals surface area contributed by atoms with Crippen molar-refractivity contribution in [1.29, 1.82) is 5.26 Å². The molecule has 30 heavy (non-hydrogen) atoms. The van der Waals surface area contributed by atoms with Crippen molar-refractivity contribution in [3.05, 3.63) is 84.2 Å². The number of rotatable bonds is 3. The Labute approximate surface area is 173 Å². The van der Waals surface area contributed by atoms with Gasteiger partial charge in [-0.25, -0.2) is 17.4 Å². The average molecular weight is 412 g/mol. The number of aromatic nitrogens is 3. The van der Waals surface area contributed by atoms with Crippen LogP contribution in [0.1, 0.15) is 11.1 Å². The van der Waals surface area contributed by atoms with Crippen LogP contribution in [0, 0.1) is 18.3 Å². The van der Waals surface area contributed by atoms with Gasteiger partial charge in [0.1, 0.15) is 0 Å². The average Bonchev–Trinajstić information content (AvgIpc) is 3.34. The van der Waals surface area contributed by atoms with Gasteiger partial charge in [-0.3, -0.25) is 0 Å². The molecule has 0 bridgehead atoms. The van der Waals surface area contributed by atoms with Gasteiger partial charge < -0.3 is 4.98 Å².